The van der Waals surface area contributed by atoms with Crippen molar-refractivity contribution in [2.24, 2.45) is 11.7 Å². The van der Waals surface area contributed by atoms with Crippen molar-refractivity contribution in [3.8, 4) is 11.5 Å². The topological polar surface area (TPSA) is 84.6 Å². The van der Waals surface area contributed by atoms with Crippen LogP contribution >= 0.6 is 0 Å². The van der Waals surface area contributed by atoms with E-state index in [2.05, 4.69) is 5.32 Å². The number of phenols is 1. The van der Waals surface area contributed by atoms with Crippen LogP contribution in [-0.4, -0.2) is 24.2 Å². The van der Waals surface area contributed by atoms with Crippen molar-refractivity contribution in [1.82, 2.24) is 0 Å². The summed E-state index contributed by atoms with van der Waals surface area (Å²) in [6, 6.07) is 4.96. The van der Waals surface area contributed by atoms with Gasteiger partial charge in [-0.15, -0.1) is 0 Å². The van der Waals surface area contributed by atoms with E-state index in [-0.39, 0.29) is 23.6 Å². The predicted molar refractivity (Wildman–Crippen MR) is 80.0 cm³/mol. The number of phenolic OH excluding ortho intramolecular Hbond substituents is 1. The summed E-state index contributed by atoms with van der Waals surface area (Å²) in [5.41, 5.74) is 6.24. The third kappa shape index (κ3) is 5.09. The zero-order valence-corrected chi connectivity index (χ0v) is 12.3. The molecule has 0 saturated carbocycles. The van der Waals surface area contributed by atoms with Crippen molar-refractivity contribution in [2.45, 2.75) is 39.2 Å². The highest BCUT2D eigenvalue weighted by Crippen LogP contribution is 2.28. The highest BCUT2D eigenvalue weighted by molar-refractivity contribution is 5.92. The molecule has 0 fully saturated rings. The van der Waals surface area contributed by atoms with Gasteiger partial charge in [0.2, 0.25) is 5.91 Å². The average Bonchev–Trinajstić information content (AvgIpc) is 2.38. The maximum absolute atomic E-state index is 12.0. The number of carbonyl (C=O) groups excluding carboxylic acids is 1. The van der Waals surface area contributed by atoms with Gasteiger partial charge in [0, 0.05) is 23.7 Å². The van der Waals surface area contributed by atoms with Crippen LogP contribution in [0.2, 0.25) is 0 Å². The van der Waals surface area contributed by atoms with Crippen molar-refractivity contribution < 1.29 is 14.6 Å². The molecule has 0 aromatic heterocycles. The van der Waals surface area contributed by atoms with E-state index in [0.29, 0.717) is 11.4 Å². The Balaban J connectivity index is 2.50. The average molecular weight is 280 g/mol. The number of rotatable bonds is 7. The Bertz CT molecular complexity index is 447. The maximum Gasteiger partial charge on any atom is 0.227 e. The van der Waals surface area contributed by atoms with Crippen LogP contribution < -0.4 is 15.8 Å². The van der Waals surface area contributed by atoms with Crippen LogP contribution in [0, 0.1) is 5.92 Å². The third-order valence-electron chi connectivity index (χ3n) is 3.19. The number of hydrogen-bond acceptors (Lipinski definition) is 4. The minimum Gasteiger partial charge on any atom is -0.504 e. The minimum absolute atomic E-state index is 0.00918. The third-order valence-corrected chi connectivity index (χ3v) is 3.19. The van der Waals surface area contributed by atoms with E-state index in [1.54, 1.807) is 12.1 Å². The number of carbonyl (C=O) groups is 1. The summed E-state index contributed by atoms with van der Waals surface area (Å²) in [6.45, 7) is 3.85. The first-order valence-electron chi connectivity index (χ1n) is 6.87. The Hall–Kier alpha value is -1.75. The van der Waals surface area contributed by atoms with E-state index in [1.165, 1.54) is 13.2 Å². The zero-order valence-electron chi connectivity index (χ0n) is 12.3. The van der Waals surface area contributed by atoms with Crippen LogP contribution in [0.4, 0.5) is 5.69 Å². The normalized spacial score (nSPS) is 13.6. The largest absolute Gasteiger partial charge is 0.504 e. The number of ether oxygens (including phenoxy) is 1. The molecule has 0 heterocycles. The number of amides is 1. The molecular weight excluding hydrogens is 256 g/mol. The van der Waals surface area contributed by atoms with Crippen LogP contribution in [0.3, 0.4) is 0 Å². The van der Waals surface area contributed by atoms with Crippen molar-refractivity contribution in [3.05, 3.63) is 18.2 Å². The standard InChI is InChI=1S/C15H24N2O3/c1-10(5-4-6-11(2)16)15(19)17-12-7-8-14(20-3)13(18)9-12/h7-11,18H,4-6,16H2,1-3H3,(H,17,19). The monoisotopic (exact) mass is 280 g/mol. The van der Waals surface area contributed by atoms with Gasteiger partial charge in [0.1, 0.15) is 0 Å². The van der Waals surface area contributed by atoms with Gasteiger partial charge in [-0.3, -0.25) is 4.79 Å². The van der Waals surface area contributed by atoms with Crippen molar-refractivity contribution >= 4 is 11.6 Å². The highest BCUT2D eigenvalue weighted by Gasteiger charge is 2.14. The van der Waals surface area contributed by atoms with Gasteiger partial charge in [-0.2, -0.15) is 0 Å². The molecule has 0 spiro atoms. The Morgan fingerprint density at radius 1 is 1.40 bits per heavy atom. The van der Waals surface area contributed by atoms with E-state index < -0.39 is 0 Å². The summed E-state index contributed by atoms with van der Waals surface area (Å²) in [6.07, 6.45) is 2.65. The molecule has 1 amide bonds. The molecule has 2 unspecified atom stereocenters. The lowest BCUT2D eigenvalue weighted by atomic mass is 10.0. The van der Waals surface area contributed by atoms with Gasteiger partial charge in [0.05, 0.1) is 7.11 Å². The predicted octanol–water partition coefficient (Wildman–Crippen LogP) is 2.49. The number of benzene rings is 1. The Morgan fingerprint density at radius 3 is 2.65 bits per heavy atom. The Kier molecular flexibility index (Phi) is 6.31. The fraction of sp³-hybridized carbons (Fsp3) is 0.533. The SMILES string of the molecule is COc1ccc(NC(=O)C(C)CCCC(C)N)cc1O. The summed E-state index contributed by atoms with van der Waals surface area (Å²) >= 11 is 0. The van der Waals surface area contributed by atoms with Crippen LogP contribution in [0.1, 0.15) is 33.1 Å². The number of nitrogens with one attached hydrogen (secondary N) is 1. The first kappa shape index (κ1) is 16.3. The molecule has 0 aliphatic rings. The smallest absolute Gasteiger partial charge is 0.227 e. The van der Waals surface area contributed by atoms with E-state index in [1.807, 2.05) is 13.8 Å². The molecule has 112 valence electrons. The van der Waals surface area contributed by atoms with Crippen molar-refractivity contribution in [2.75, 3.05) is 12.4 Å². The number of aromatic hydroxyl groups is 1. The molecular formula is C15H24N2O3. The van der Waals surface area contributed by atoms with Gasteiger partial charge in [0.25, 0.3) is 0 Å². The molecule has 0 radical (unpaired) electrons. The second-order valence-electron chi connectivity index (χ2n) is 5.19. The molecule has 0 saturated heterocycles. The molecule has 4 N–H and O–H groups in total. The minimum atomic E-state index is -0.0852. The van der Waals surface area contributed by atoms with Gasteiger partial charge in [-0.25, -0.2) is 0 Å². The Morgan fingerprint density at radius 2 is 2.10 bits per heavy atom. The second-order valence-corrected chi connectivity index (χ2v) is 5.19. The number of anilines is 1. The summed E-state index contributed by atoms with van der Waals surface area (Å²) in [7, 11) is 1.48. The van der Waals surface area contributed by atoms with Crippen LogP contribution in [0.15, 0.2) is 18.2 Å². The van der Waals surface area contributed by atoms with E-state index in [4.69, 9.17) is 10.5 Å². The number of hydrogen-bond donors (Lipinski definition) is 3. The van der Waals surface area contributed by atoms with Crippen molar-refractivity contribution in [3.63, 3.8) is 0 Å². The fourth-order valence-electron chi connectivity index (χ4n) is 1.91. The lowest BCUT2D eigenvalue weighted by molar-refractivity contribution is -0.119. The zero-order chi connectivity index (χ0) is 15.1. The summed E-state index contributed by atoms with van der Waals surface area (Å²) < 4.78 is 4.95. The first-order valence-corrected chi connectivity index (χ1v) is 6.87. The highest BCUT2D eigenvalue weighted by atomic mass is 16.5. The van der Waals surface area contributed by atoms with Crippen LogP contribution in [0.5, 0.6) is 11.5 Å². The lowest BCUT2D eigenvalue weighted by Gasteiger charge is -2.13. The summed E-state index contributed by atoms with van der Waals surface area (Å²) in [4.78, 5) is 12.0. The molecule has 0 aliphatic heterocycles. The fourth-order valence-corrected chi connectivity index (χ4v) is 1.91. The molecule has 0 bridgehead atoms. The van der Waals surface area contributed by atoms with Crippen molar-refractivity contribution in [1.29, 1.82) is 0 Å². The number of nitrogens with two attached hydrogens (primary N) is 1. The molecule has 5 heteroatoms. The maximum atomic E-state index is 12.0. The Labute approximate surface area is 120 Å². The molecule has 20 heavy (non-hydrogen) atoms. The molecule has 5 nitrogen and oxygen atoms in total. The van der Waals surface area contributed by atoms with Gasteiger partial charge in [-0.05, 0) is 31.9 Å². The lowest BCUT2D eigenvalue weighted by Crippen LogP contribution is -2.21. The summed E-state index contributed by atoms with van der Waals surface area (Å²) in [5.74, 6) is 0.250. The molecule has 2 atom stereocenters. The first-order chi connectivity index (χ1) is 9.43. The van der Waals surface area contributed by atoms with Gasteiger partial charge < -0.3 is 20.9 Å². The molecule has 1 aromatic rings. The van der Waals surface area contributed by atoms with E-state index in [0.717, 1.165) is 19.3 Å². The van der Waals surface area contributed by atoms with E-state index >= 15 is 0 Å². The number of methoxy groups -OCH3 is 1. The van der Waals surface area contributed by atoms with Gasteiger partial charge >= 0.3 is 0 Å². The molecule has 1 rings (SSSR count). The molecule has 1 aromatic carbocycles. The van der Waals surface area contributed by atoms with Gasteiger partial charge in [-0.1, -0.05) is 13.3 Å². The van der Waals surface area contributed by atoms with Crippen LogP contribution in [0.25, 0.3) is 0 Å². The van der Waals surface area contributed by atoms with E-state index in [9.17, 15) is 9.90 Å². The van der Waals surface area contributed by atoms with Crippen LogP contribution in [-0.2, 0) is 4.79 Å². The second kappa shape index (κ2) is 7.75. The summed E-state index contributed by atoms with van der Waals surface area (Å²) in [5, 5.41) is 12.4. The van der Waals surface area contributed by atoms with Gasteiger partial charge in [0.15, 0.2) is 11.5 Å². The molecule has 0 aliphatic carbocycles. The quantitative estimate of drug-likeness (QED) is 0.716.